The fraction of sp³-hybridized carbons (Fsp3) is 0.133. The molecule has 6 heteroatoms. The molecule has 0 atom stereocenters. The zero-order valence-electron chi connectivity index (χ0n) is 11.5. The van der Waals surface area contributed by atoms with Crippen LogP contribution in [0.1, 0.15) is 15.9 Å². The van der Waals surface area contributed by atoms with Crippen LogP contribution in [0.2, 0.25) is 0 Å². The van der Waals surface area contributed by atoms with Crippen molar-refractivity contribution in [3.05, 3.63) is 58.7 Å². The number of pyridine rings is 1. The van der Waals surface area contributed by atoms with Crippen molar-refractivity contribution in [3.8, 4) is 11.3 Å². The van der Waals surface area contributed by atoms with E-state index in [4.69, 9.17) is 0 Å². The molecule has 0 saturated heterocycles. The maximum atomic E-state index is 11.9. The third-order valence-electron chi connectivity index (χ3n) is 3.06. The molecule has 3 aromatic heterocycles. The Kier molecular flexibility index (Phi) is 3.79. The molecule has 0 radical (unpaired) electrons. The Labute approximate surface area is 126 Å². The van der Waals surface area contributed by atoms with Crippen LogP contribution in [0, 0.1) is 0 Å². The summed E-state index contributed by atoms with van der Waals surface area (Å²) in [5.41, 5.74) is 3.52. The minimum Gasteiger partial charge on any atom is -0.348 e. The number of carbonyl (C=O) groups excluding carboxylic acids is 1. The van der Waals surface area contributed by atoms with E-state index in [1.165, 1.54) is 11.3 Å². The highest BCUT2D eigenvalue weighted by atomic mass is 32.1. The fourth-order valence-electron chi connectivity index (χ4n) is 1.97. The summed E-state index contributed by atoms with van der Waals surface area (Å²) in [6.07, 6.45) is 5.43. The molecule has 0 aromatic carbocycles. The predicted molar refractivity (Wildman–Crippen MR) is 81.9 cm³/mol. The van der Waals surface area contributed by atoms with Crippen LogP contribution in [0.25, 0.3) is 11.3 Å². The quantitative estimate of drug-likeness (QED) is 0.805. The fourth-order valence-corrected chi connectivity index (χ4v) is 2.61. The van der Waals surface area contributed by atoms with Crippen LogP contribution in [0.5, 0.6) is 0 Å². The minimum atomic E-state index is -0.0593. The number of carbonyl (C=O) groups is 1. The molecule has 0 aliphatic heterocycles. The van der Waals surface area contributed by atoms with Crippen molar-refractivity contribution in [2.45, 2.75) is 6.54 Å². The van der Waals surface area contributed by atoms with Crippen LogP contribution < -0.4 is 5.32 Å². The maximum absolute atomic E-state index is 11.9. The van der Waals surface area contributed by atoms with Crippen molar-refractivity contribution in [1.82, 2.24) is 20.1 Å². The molecule has 0 unspecified atom stereocenters. The van der Waals surface area contributed by atoms with E-state index >= 15 is 0 Å². The van der Waals surface area contributed by atoms with Crippen LogP contribution in [0.15, 0.2) is 47.5 Å². The first-order valence-electron chi connectivity index (χ1n) is 6.47. The smallest absolute Gasteiger partial charge is 0.252 e. The zero-order chi connectivity index (χ0) is 14.7. The van der Waals surface area contributed by atoms with Crippen LogP contribution in [-0.4, -0.2) is 20.7 Å². The third-order valence-corrected chi connectivity index (χ3v) is 3.74. The number of aromatic nitrogens is 3. The van der Waals surface area contributed by atoms with Gasteiger partial charge in [-0.15, -0.1) is 0 Å². The van der Waals surface area contributed by atoms with Gasteiger partial charge in [0.15, 0.2) is 0 Å². The SMILES string of the molecule is Cn1cc(-c2cc(CNC(=O)c3ccsc3)ccn2)cn1. The van der Waals surface area contributed by atoms with Gasteiger partial charge in [0, 0.05) is 42.5 Å². The second kappa shape index (κ2) is 5.88. The average Bonchev–Trinajstić information content (AvgIpc) is 3.16. The van der Waals surface area contributed by atoms with E-state index < -0.39 is 0 Å². The van der Waals surface area contributed by atoms with Crippen molar-refractivity contribution < 1.29 is 4.79 Å². The maximum Gasteiger partial charge on any atom is 0.252 e. The number of nitrogens with zero attached hydrogens (tertiary/aromatic N) is 3. The van der Waals surface area contributed by atoms with Gasteiger partial charge in [-0.2, -0.15) is 16.4 Å². The molecule has 106 valence electrons. The molecule has 0 aliphatic carbocycles. The number of rotatable bonds is 4. The van der Waals surface area contributed by atoms with Crippen LogP contribution in [-0.2, 0) is 13.6 Å². The molecular formula is C15H14N4OS. The van der Waals surface area contributed by atoms with Crippen molar-refractivity contribution >= 4 is 17.2 Å². The highest BCUT2D eigenvalue weighted by Crippen LogP contribution is 2.16. The van der Waals surface area contributed by atoms with Gasteiger partial charge in [-0.05, 0) is 29.1 Å². The number of nitrogens with one attached hydrogen (secondary N) is 1. The Morgan fingerprint density at radius 1 is 1.43 bits per heavy atom. The first-order valence-corrected chi connectivity index (χ1v) is 7.41. The zero-order valence-corrected chi connectivity index (χ0v) is 12.3. The summed E-state index contributed by atoms with van der Waals surface area (Å²) < 4.78 is 1.74. The topological polar surface area (TPSA) is 59.8 Å². The molecule has 1 N–H and O–H groups in total. The molecule has 0 aliphatic rings. The summed E-state index contributed by atoms with van der Waals surface area (Å²) in [6, 6.07) is 5.67. The lowest BCUT2D eigenvalue weighted by molar-refractivity contribution is 0.0951. The molecular weight excluding hydrogens is 284 g/mol. The summed E-state index contributed by atoms with van der Waals surface area (Å²) in [6.45, 7) is 0.477. The van der Waals surface area contributed by atoms with Crippen LogP contribution in [0.4, 0.5) is 0 Å². The standard InChI is InChI=1S/C15H14N4OS/c1-19-9-13(8-18-19)14-6-11(2-4-16-14)7-17-15(20)12-3-5-21-10-12/h2-6,8-10H,7H2,1H3,(H,17,20). The first-order chi connectivity index (χ1) is 10.2. The van der Waals surface area contributed by atoms with Crippen molar-refractivity contribution in [2.24, 2.45) is 7.05 Å². The second-order valence-corrected chi connectivity index (χ2v) is 5.43. The van der Waals surface area contributed by atoms with Gasteiger partial charge in [-0.25, -0.2) is 0 Å². The molecule has 21 heavy (non-hydrogen) atoms. The van der Waals surface area contributed by atoms with Crippen LogP contribution in [0.3, 0.4) is 0 Å². The molecule has 3 aromatic rings. The Hall–Kier alpha value is -2.47. The number of aryl methyl sites for hydroxylation is 1. The lowest BCUT2D eigenvalue weighted by Crippen LogP contribution is -2.22. The Morgan fingerprint density at radius 2 is 2.33 bits per heavy atom. The Morgan fingerprint density at radius 3 is 3.05 bits per heavy atom. The lowest BCUT2D eigenvalue weighted by atomic mass is 10.1. The number of thiophene rings is 1. The van der Waals surface area contributed by atoms with E-state index in [-0.39, 0.29) is 5.91 Å². The summed E-state index contributed by atoms with van der Waals surface area (Å²) in [5, 5.41) is 10.8. The van der Waals surface area contributed by atoms with Gasteiger partial charge in [0.25, 0.3) is 5.91 Å². The van der Waals surface area contributed by atoms with Gasteiger partial charge in [0.1, 0.15) is 0 Å². The van der Waals surface area contributed by atoms with Gasteiger partial charge < -0.3 is 5.32 Å². The van der Waals surface area contributed by atoms with Crippen molar-refractivity contribution in [3.63, 3.8) is 0 Å². The number of amides is 1. The largest absolute Gasteiger partial charge is 0.348 e. The minimum absolute atomic E-state index is 0.0593. The van der Waals surface area contributed by atoms with E-state index in [1.54, 1.807) is 17.1 Å². The number of hydrogen-bond acceptors (Lipinski definition) is 4. The van der Waals surface area contributed by atoms with E-state index in [1.807, 2.05) is 42.2 Å². The predicted octanol–water partition coefficient (Wildman–Crippen LogP) is 2.47. The second-order valence-electron chi connectivity index (χ2n) is 4.65. The molecule has 0 saturated carbocycles. The molecule has 3 heterocycles. The third kappa shape index (κ3) is 3.17. The normalized spacial score (nSPS) is 10.5. The van der Waals surface area contributed by atoms with Crippen molar-refractivity contribution in [1.29, 1.82) is 0 Å². The highest BCUT2D eigenvalue weighted by molar-refractivity contribution is 7.08. The van der Waals surface area contributed by atoms with E-state index in [0.29, 0.717) is 12.1 Å². The highest BCUT2D eigenvalue weighted by Gasteiger charge is 2.07. The van der Waals surface area contributed by atoms with Gasteiger partial charge in [0.05, 0.1) is 11.9 Å². The molecule has 3 rings (SSSR count). The van der Waals surface area contributed by atoms with Crippen molar-refractivity contribution in [2.75, 3.05) is 0 Å². The van der Waals surface area contributed by atoms with E-state index in [9.17, 15) is 4.79 Å². The van der Waals surface area contributed by atoms with Crippen LogP contribution >= 0.6 is 11.3 Å². The molecule has 0 spiro atoms. The average molecular weight is 298 g/mol. The first kappa shape index (κ1) is 13.5. The Balaban J connectivity index is 1.70. The Bertz CT molecular complexity index is 749. The lowest BCUT2D eigenvalue weighted by Gasteiger charge is -2.05. The van der Waals surface area contributed by atoms with E-state index in [0.717, 1.165) is 16.8 Å². The van der Waals surface area contributed by atoms with Gasteiger partial charge in [-0.3, -0.25) is 14.5 Å². The molecule has 5 nitrogen and oxygen atoms in total. The summed E-state index contributed by atoms with van der Waals surface area (Å²) in [7, 11) is 1.87. The monoisotopic (exact) mass is 298 g/mol. The molecule has 1 amide bonds. The molecule has 0 fully saturated rings. The summed E-state index contributed by atoms with van der Waals surface area (Å²) >= 11 is 1.51. The van der Waals surface area contributed by atoms with Gasteiger partial charge >= 0.3 is 0 Å². The molecule has 0 bridgehead atoms. The van der Waals surface area contributed by atoms with E-state index in [2.05, 4.69) is 15.4 Å². The summed E-state index contributed by atoms with van der Waals surface area (Å²) in [5.74, 6) is -0.0593. The van der Waals surface area contributed by atoms with Gasteiger partial charge in [0.2, 0.25) is 0 Å². The van der Waals surface area contributed by atoms with Gasteiger partial charge in [-0.1, -0.05) is 0 Å². The number of hydrogen-bond donors (Lipinski definition) is 1. The summed E-state index contributed by atoms with van der Waals surface area (Å²) in [4.78, 5) is 16.2.